The van der Waals surface area contributed by atoms with E-state index < -0.39 is 0 Å². The lowest BCUT2D eigenvalue weighted by Crippen LogP contribution is -2.30. The minimum Gasteiger partial charge on any atom is -0.385 e. The molecule has 0 saturated carbocycles. The fourth-order valence-corrected chi connectivity index (χ4v) is 5.14. The standard InChI is InChI=1S/C24H29N9OS/c1-34-16-6-14-33-23(29-30-31-33)21(19-17-35-24(28-19)22-26-10-4-11-27-22)25-12-5-13-32-15-9-18-7-2-3-8-20(18)32/h2-4,7-8,10-11,17,21,25H,5-6,9,12-16H2,1H3. The van der Waals surface area contributed by atoms with Crippen LogP contribution in [0.3, 0.4) is 0 Å². The molecule has 1 N–H and O–H groups in total. The smallest absolute Gasteiger partial charge is 0.188 e. The van der Waals surface area contributed by atoms with Gasteiger partial charge in [-0.15, -0.1) is 16.4 Å². The van der Waals surface area contributed by atoms with Crippen LogP contribution in [0, 0.1) is 0 Å². The monoisotopic (exact) mass is 491 g/mol. The Labute approximate surface area is 208 Å². The molecule has 35 heavy (non-hydrogen) atoms. The van der Waals surface area contributed by atoms with Crippen LogP contribution in [0.4, 0.5) is 5.69 Å². The molecule has 11 heteroatoms. The number of hydrogen-bond acceptors (Lipinski definition) is 10. The number of hydrogen-bond donors (Lipinski definition) is 1. The van der Waals surface area contributed by atoms with Gasteiger partial charge in [-0.1, -0.05) is 18.2 Å². The molecule has 1 aromatic carbocycles. The minimum atomic E-state index is -0.230. The number of thiazole rings is 1. The van der Waals surface area contributed by atoms with Crippen LogP contribution >= 0.6 is 11.3 Å². The van der Waals surface area contributed by atoms with Crippen molar-refractivity contribution >= 4 is 17.0 Å². The minimum absolute atomic E-state index is 0.230. The summed E-state index contributed by atoms with van der Waals surface area (Å²) in [5.41, 5.74) is 3.66. The largest absolute Gasteiger partial charge is 0.385 e. The Morgan fingerprint density at radius 2 is 2.00 bits per heavy atom. The first kappa shape index (κ1) is 23.5. The maximum Gasteiger partial charge on any atom is 0.188 e. The molecule has 0 fully saturated rings. The van der Waals surface area contributed by atoms with E-state index in [9.17, 15) is 0 Å². The van der Waals surface area contributed by atoms with Gasteiger partial charge in [-0.3, -0.25) is 0 Å². The van der Waals surface area contributed by atoms with Gasteiger partial charge in [0.25, 0.3) is 0 Å². The molecule has 4 aromatic rings. The lowest BCUT2D eigenvalue weighted by atomic mass is 10.2. The topological polar surface area (TPSA) is 107 Å². The highest BCUT2D eigenvalue weighted by Gasteiger charge is 2.24. The van der Waals surface area contributed by atoms with Crippen LogP contribution in [0.2, 0.25) is 0 Å². The molecule has 5 rings (SSSR count). The van der Waals surface area contributed by atoms with E-state index in [4.69, 9.17) is 9.72 Å². The second-order valence-corrected chi connectivity index (χ2v) is 9.22. The average Bonchev–Trinajstić information content (AvgIpc) is 3.65. The molecule has 1 unspecified atom stereocenters. The molecule has 0 amide bonds. The molecule has 1 aliphatic rings. The molecule has 0 saturated heterocycles. The van der Waals surface area contributed by atoms with E-state index in [0.29, 0.717) is 19.0 Å². The maximum absolute atomic E-state index is 5.20. The first-order valence-electron chi connectivity index (χ1n) is 11.9. The first-order chi connectivity index (χ1) is 17.3. The van der Waals surface area contributed by atoms with Crippen LogP contribution < -0.4 is 10.2 Å². The zero-order chi connectivity index (χ0) is 23.9. The summed E-state index contributed by atoms with van der Waals surface area (Å²) in [5, 5.41) is 19.0. The van der Waals surface area contributed by atoms with E-state index in [2.05, 4.69) is 60.0 Å². The number of aromatic nitrogens is 7. The van der Waals surface area contributed by atoms with Crippen LogP contribution in [0.5, 0.6) is 0 Å². The SMILES string of the molecule is COCCCn1nnnc1C(NCCCN1CCc2ccccc21)c1csc(-c2ncccn2)n1. The molecular weight excluding hydrogens is 462 g/mol. The summed E-state index contributed by atoms with van der Waals surface area (Å²) < 4.78 is 7.04. The number of fused-ring (bicyclic) bond motifs is 1. The molecule has 10 nitrogen and oxygen atoms in total. The van der Waals surface area contributed by atoms with E-state index in [1.165, 1.54) is 22.6 Å². The summed E-state index contributed by atoms with van der Waals surface area (Å²) in [6, 6.07) is 10.2. The molecule has 0 radical (unpaired) electrons. The zero-order valence-electron chi connectivity index (χ0n) is 19.7. The number of nitrogens with one attached hydrogen (secondary N) is 1. The Balaban J connectivity index is 1.29. The van der Waals surface area contributed by atoms with Gasteiger partial charge in [-0.25, -0.2) is 19.6 Å². The Hall–Kier alpha value is -3.28. The number of rotatable bonds is 12. The first-order valence-corrected chi connectivity index (χ1v) is 12.8. The predicted octanol–water partition coefficient (Wildman–Crippen LogP) is 2.75. The zero-order valence-corrected chi connectivity index (χ0v) is 20.6. The Bertz CT molecular complexity index is 1210. The van der Waals surface area contributed by atoms with Gasteiger partial charge in [0.05, 0.1) is 5.69 Å². The third kappa shape index (κ3) is 5.53. The van der Waals surface area contributed by atoms with Gasteiger partial charge in [0, 0.05) is 56.8 Å². The van der Waals surface area contributed by atoms with E-state index in [1.54, 1.807) is 25.6 Å². The van der Waals surface area contributed by atoms with Crippen molar-refractivity contribution in [2.75, 3.05) is 38.3 Å². The number of ether oxygens (including phenoxy) is 1. The fraction of sp³-hybridized carbons (Fsp3) is 0.417. The average molecular weight is 492 g/mol. The van der Waals surface area contributed by atoms with E-state index >= 15 is 0 Å². The molecule has 3 aromatic heterocycles. The predicted molar refractivity (Wildman–Crippen MR) is 134 cm³/mol. The Morgan fingerprint density at radius 1 is 1.11 bits per heavy atom. The van der Waals surface area contributed by atoms with Crippen molar-refractivity contribution in [3.05, 3.63) is 65.2 Å². The number of methoxy groups -OCH3 is 1. The van der Waals surface area contributed by atoms with Crippen molar-refractivity contribution in [1.82, 2.24) is 40.5 Å². The van der Waals surface area contributed by atoms with Gasteiger partial charge in [-0.05, 0) is 53.9 Å². The van der Waals surface area contributed by atoms with Crippen LogP contribution in [0.15, 0.2) is 48.1 Å². The molecule has 1 atom stereocenters. The van der Waals surface area contributed by atoms with E-state index in [1.807, 2.05) is 10.1 Å². The Morgan fingerprint density at radius 3 is 2.89 bits per heavy atom. The van der Waals surface area contributed by atoms with Crippen molar-refractivity contribution < 1.29 is 4.74 Å². The molecule has 0 bridgehead atoms. The van der Waals surface area contributed by atoms with Crippen LogP contribution in [-0.2, 0) is 17.7 Å². The number of benzene rings is 1. The highest BCUT2D eigenvalue weighted by molar-refractivity contribution is 7.13. The number of nitrogens with zero attached hydrogens (tertiary/aromatic N) is 8. The fourth-order valence-electron chi connectivity index (χ4n) is 4.35. The number of para-hydroxylation sites is 1. The van der Waals surface area contributed by atoms with Crippen molar-refractivity contribution in [2.45, 2.75) is 31.8 Å². The van der Waals surface area contributed by atoms with Gasteiger partial charge in [-0.2, -0.15) is 0 Å². The summed E-state index contributed by atoms with van der Waals surface area (Å²) in [6.45, 7) is 4.21. The molecule has 0 aliphatic carbocycles. The summed E-state index contributed by atoms with van der Waals surface area (Å²) in [5.74, 6) is 1.37. The van der Waals surface area contributed by atoms with Gasteiger partial charge in [0.1, 0.15) is 6.04 Å². The lowest BCUT2D eigenvalue weighted by Gasteiger charge is -2.21. The highest BCUT2D eigenvalue weighted by Crippen LogP contribution is 2.28. The van der Waals surface area contributed by atoms with E-state index in [0.717, 1.165) is 55.4 Å². The van der Waals surface area contributed by atoms with Gasteiger partial charge in [0.15, 0.2) is 16.7 Å². The second-order valence-electron chi connectivity index (χ2n) is 8.36. The van der Waals surface area contributed by atoms with Crippen LogP contribution in [-0.4, -0.2) is 68.5 Å². The quantitative estimate of drug-likeness (QED) is 0.299. The van der Waals surface area contributed by atoms with Gasteiger partial charge in [0.2, 0.25) is 0 Å². The lowest BCUT2D eigenvalue weighted by molar-refractivity contribution is 0.188. The Kier molecular flexibility index (Phi) is 7.66. The van der Waals surface area contributed by atoms with E-state index in [-0.39, 0.29) is 6.04 Å². The molecule has 1 aliphatic heterocycles. The summed E-state index contributed by atoms with van der Waals surface area (Å²) in [6.07, 6.45) is 6.40. The van der Waals surface area contributed by atoms with Crippen molar-refractivity contribution in [1.29, 1.82) is 0 Å². The highest BCUT2D eigenvalue weighted by atomic mass is 32.1. The maximum atomic E-state index is 5.20. The van der Waals surface area contributed by atoms with Crippen molar-refractivity contribution in [3.8, 4) is 10.8 Å². The number of aryl methyl sites for hydroxylation is 1. The second kappa shape index (κ2) is 11.4. The molecule has 0 spiro atoms. The number of tetrazole rings is 1. The summed E-state index contributed by atoms with van der Waals surface area (Å²) in [7, 11) is 1.70. The normalized spacial score (nSPS) is 13.8. The third-order valence-corrected chi connectivity index (χ3v) is 6.90. The van der Waals surface area contributed by atoms with Gasteiger partial charge < -0.3 is 15.0 Å². The molecule has 4 heterocycles. The molecule has 182 valence electrons. The van der Waals surface area contributed by atoms with Crippen molar-refractivity contribution in [2.24, 2.45) is 0 Å². The molecular formula is C24H29N9OS. The van der Waals surface area contributed by atoms with Gasteiger partial charge >= 0.3 is 0 Å². The summed E-state index contributed by atoms with van der Waals surface area (Å²) >= 11 is 1.53. The van der Waals surface area contributed by atoms with Crippen LogP contribution in [0.25, 0.3) is 10.8 Å². The third-order valence-electron chi connectivity index (χ3n) is 6.05. The van der Waals surface area contributed by atoms with Crippen LogP contribution in [0.1, 0.15) is 36.0 Å². The number of anilines is 1. The summed E-state index contributed by atoms with van der Waals surface area (Å²) in [4.78, 5) is 16.0. The van der Waals surface area contributed by atoms with Crippen molar-refractivity contribution in [3.63, 3.8) is 0 Å².